The molecule has 0 aliphatic rings. The Morgan fingerprint density at radius 3 is 3.07 bits per heavy atom. The molecular formula is C7H4ClN5OS. The Morgan fingerprint density at radius 2 is 2.40 bits per heavy atom. The van der Waals surface area contributed by atoms with Gasteiger partial charge in [-0.15, -0.1) is 5.10 Å². The lowest BCUT2D eigenvalue weighted by molar-refractivity contribution is 0.102. The smallest absolute Gasteiger partial charge is 0.279 e. The fourth-order valence-corrected chi connectivity index (χ4v) is 1.40. The SMILES string of the molecule is O=C(Nc1nccc(Cl)n1)c1csnn1. The van der Waals surface area contributed by atoms with E-state index in [9.17, 15) is 4.79 Å². The first kappa shape index (κ1) is 9.94. The molecule has 6 nitrogen and oxygen atoms in total. The summed E-state index contributed by atoms with van der Waals surface area (Å²) in [5.74, 6) is -0.272. The van der Waals surface area contributed by atoms with Gasteiger partial charge in [0.2, 0.25) is 5.95 Å². The Bertz CT molecular complexity index is 474. The Labute approximate surface area is 93.5 Å². The van der Waals surface area contributed by atoms with Crippen molar-refractivity contribution in [2.75, 3.05) is 5.32 Å². The third kappa shape index (κ3) is 2.45. The number of carbonyl (C=O) groups is 1. The summed E-state index contributed by atoms with van der Waals surface area (Å²) in [5.41, 5.74) is 0.226. The zero-order chi connectivity index (χ0) is 10.7. The summed E-state index contributed by atoms with van der Waals surface area (Å²) in [6.07, 6.45) is 1.45. The van der Waals surface area contributed by atoms with Crippen molar-refractivity contribution in [2.24, 2.45) is 0 Å². The number of carbonyl (C=O) groups excluding carboxylic acids is 1. The van der Waals surface area contributed by atoms with E-state index in [1.807, 2.05) is 0 Å². The molecule has 0 aromatic carbocycles. The van der Waals surface area contributed by atoms with Crippen LogP contribution in [0.4, 0.5) is 5.95 Å². The molecule has 0 atom stereocenters. The van der Waals surface area contributed by atoms with Gasteiger partial charge in [0, 0.05) is 11.6 Å². The minimum atomic E-state index is -0.411. The van der Waals surface area contributed by atoms with E-state index in [1.165, 1.54) is 17.6 Å². The molecule has 0 fully saturated rings. The van der Waals surface area contributed by atoms with Gasteiger partial charge in [0.15, 0.2) is 5.69 Å². The monoisotopic (exact) mass is 241 g/mol. The number of hydrogen-bond donors (Lipinski definition) is 1. The molecule has 0 aliphatic heterocycles. The second kappa shape index (κ2) is 4.28. The van der Waals surface area contributed by atoms with Crippen molar-refractivity contribution in [1.29, 1.82) is 0 Å². The van der Waals surface area contributed by atoms with Crippen molar-refractivity contribution >= 4 is 35.0 Å². The average molecular weight is 242 g/mol. The predicted molar refractivity (Wildman–Crippen MR) is 54.9 cm³/mol. The van der Waals surface area contributed by atoms with Crippen LogP contribution in [0.1, 0.15) is 10.5 Å². The van der Waals surface area contributed by atoms with E-state index in [2.05, 4.69) is 24.9 Å². The number of nitrogens with one attached hydrogen (secondary N) is 1. The Kier molecular flexibility index (Phi) is 2.84. The van der Waals surface area contributed by atoms with Crippen LogP contribution in [0.2, 0.25) is 5.15 Å². The Morgan fingerprint density at radius 1 is 1.53 bits per heavy atom. The normalized spacial score (nSPS) is 9.93. The summed E-state index contributed by atoms with van der Waals surface area (Å²) in [6, 6.07) is 1.52. The number of amides is 1. The highest BCUT2D eigenvalue weighted by Gasteiger charge is 2.10. The third-order valence-corrected chi connectivity index (χ3v) is 2.15. The van der Waals surface area contributed by atoms with Crippen molar-refractivity contribution < 1.29 is 4.79 Å². The molecule has 76 valence electrons. The first-order valence-corrected chi connectivity index (χ1v) is 5.04. The second-order valence-electron chi connectivity index (χ2n) is 2.45. The van der Waals surface area contributed by atoms with Crippen LogP contribution in [0.15, 0.2) is 17.6 Å². The summed E-state index contributed by atoms with van der Waals surface area (Å²) >= 11 is 6.72. The number of aromatic nitrogens is 4. The van der Waals surface area contributed by atoms with E-state index in [0.717, 1.165) is 11.5 Å². The van der Waals surface area contributed by atoms with Crippen LogP contribution in [-0.4, -0.2) is 25.5 Å². The quantitative estimate of drug-likeness (QED) is 0.800. The number of nitrogens with zero attached hydrogens (tertiary/aromatic N) is 4. The zero-order valence-electron chi connectivity index (χ0n) is 7.22. The lowest BCUT2D eigenvalue weighted by Crippen LogP contribution is -2.14. The van der Waals surface area contributed by atoms with E-state index >= 15 is 0 Å². The first-order valence-electron chi connectivity index (χ1n) is 3.82. The minimum absolute atomic E-state index is 0.139. The van der Waals surface area contributed by atoms with Crippen molar-refractivity contribution in [3.05, 3.63) is 28.5 Å². The van der Waals surface area contributed by atoms with Gasteiger partial charge in [-0.05, 0) is 17.6 Å². The molecule has 0 saturated carbocycles. The highest BCUT2D eigenvalue weighted by molar-refractivity contribution is 7.03. The molecule has 0 aliphatic carbocycles. The van der Waals surface area contributed by atoms with Crippen LogP contribution < -0.4 is 5.32 Å². The van der Waals surface area contributed by atoms with E-state index in [-0.39, 0.29) is 16.8 Å². The summed E-state index contributed by atoms with van der Waals surface area (Å²) in [4.78, 5) is 19.1. The van der Waals surface area contributed by atoms with Gasteiger partial charge in [0.1, 0.15) is 5.15 Å². The molecule has 2 heterocycles. The lowest BCUT2D eigenvalue weighted by atomic mass is 10.5. The second-order valence-corrected chi connectivity index (χ2v) is 3.44. The van der Waals surface area contributed by atoms with Gasteiger partial charge in [-0.25, -0.2) is 9.97 Å². The van der Waals surface area contributed by atoms with E-state index in [4.69, 9.17) is 11.6 Å². The van der Waals surface area contributed by atoms with Gasteiger partial charge in [0.25, 0.3) is 5.91 Å². The molecule has 0 spiro atoms. The molecule has 2 rings (SSSR count). The van der Waals surface area contributed by atoms with Gasteiger partial charge in [-0.3, -0.25) is 10.1 Å². The highest BCUT2D eigenvalue weighted by atomic mass is 35.5. The Balaban J connectivity index is 2.13. The number of halogens is 1. The molecule has 15 heavy (non-hydrogen) atoms. The average Bonchev–Trinajstić information content (AvgIpc) is 2.70. The fourth-order valence-electron chi connectivity index (χ4n) is 0.826. The van der Waals surface area contributed by atoms with Gasteiger partial charge < -0.3 is 0 Å². The van der Waals surface area contributed by atoms with Gasteiger partial charge in [-0.1, -0.05) is 16.1 Å². The van der Waals surface area contributed by atoms with E-state index in [0.29, 0.717) is 0 Å². The first-order chi connectivity index (χ1) is 7.25. The van der Waals surface area contributed by atoms with Crippen molar-refractivity contribution in [2.45, 2.75) is 0 Å². The highest BCUT2D eigenvalue weighted by Crippen LogP contribution is 2.07. The van der Waals surface area contributed by atoms with Gasteiger partial charge in [-0.2, -0.15) is 0 Å². The van der Waals surface area contributed by atoms with Crippen LogP contribution in [0.5, 0.6) is 0 Å². The van der Waals surface area contributed by atoms with Crippen LogP contribution >= 0.6 is 23.1 Å². The fraction of sp³-hybridized carbons (Fsp3) is 0. The molecule has 0 saturated heterocycles. The molecular weight excluding hydrogens is 238 g/mol. The molecule has 2 aromatic heterocycles. The van der Waals surface area contributed by atoms with Crippen molar-refractivity contribution in [1.82, 2.24) is 19.6 Å². The molecule has 8 heteroatoms. The van der Waals surface area contributed by atoms with Gasteiger partial charge in [0.05, 0.1) is 0 Å². The summed E-state index contributed by atoms with van der Waals surface area (Å²) in [6.45, 7) is 0. The summed E-state index contributed by atoms with van der Waals surface area (Å²) in [5, 5.41) is 7.83. The van der Waals surface area contributed by atoms with Gasteiger partial charge >= 0.3 is 0 Å². The standard InChI is InChI=1S/C7H4ClN5OS/c8-5-1-2-9-7(10-5)11-6(14)4-3-15-13-12-4/h1-3H,(H,9,10,11,14). The predicted octanol–water partition coefficient (Wildman–Crippen LogP) is 1.23. The minimum Gasteiger partial charge on any atom is -0.289 e. The molecule has 0 radical (unpaired) electrons. The zero-order valence-corrected chi connectivity index (χ0v) is 8.79. The lowest BCUT2D eigenvalue weighted by Gasteiger charge is -1.99. The van der Waals surface area contributed by atoms with Crippen molar-refractivity contribution in [3.8, 4) is 0 Å². The molecule has 1 amide bonds. The van der Waals surface area contributed by atoms with Crippen LogP contribution in [0.3, 0.4) is 0 Å². The topological polar surface area (TPSA) is 80.7 Å². The number of rotatable bonds is 2. The van der Waals surface area contributed by atoms with E-state index < -0.39 is 5.91 Å². The molecule has 1 N–H and O–H groups in total. The maximum atomic E-state index is 11.5. The summed E-state index contributed by atoms with van der Waals surface area (Å²) in [7, 11) is 0. The molecule has 2 aromatic rings. The van der Waals surface area contributed by atoms with Crippen LogP contribution in [-0.2, 0) is 0 Å². The Hall–Kier alpha value is -1.60. The third-order valence-electron chi connectivity index (χ3n) is 1.44. The number of hydrogen-bond acceptors (Lipinski definition) is 6. The maximum Gasteiger partial charge on any atom is 0.279 e. The van der Waals surface area contributed by atoms with Crippen molar-refractivity contribution in [3.63, 3.8) is 0 Å². The largest absolute Gasteiger partial charge is 0.289 e. The van der Waals surface area contributed by atoms with Crippen LogP contribution in [0, 0.1) is 0 Å². The van der Waals surface area contributed by atoms with Crippen LogP contribution in [0.25, 0.3) is 0 Å². The van der Waals surface area contributed by atoms with E-state index in [1.54, 1.807) is 0 Å². The molecule has 0 bridgehead atoms. The number of anilines is 1. The maximum absolute atomic E-state index is 11.5. The summed E-state index contributed by atoms with van der Waals surface area (Å²) < 4.78 is 3.57. The molecule has 0 unspecified atom stereocenters.